The average molecular weight is 211 g/mol. The van der Waals surface area contributed by atoms with Crippen molar-refractivity contribution in [1.82, 2.24) is 5.32 Å². The summed E-state index contributed by atoms with van der Waals surface area (Å²) < 4.78 is 5.08. The monoisotopic (exact) mass is 211 g/mol. The summed E-state index contributed by atoms with van der Waals surface area (Å²) in [6.45, 7) is 0.540. The third-order valence-corrected chi connectivity index (χ3v) is 2.42. The van der Waals surface area contributed by atoms with E-state index >= 15 is 0 Å². The maximum absolute atomic E-state index is 11.7. The van der Waals surface area contributed by atoms with Crippen molar-refractivity contribution < 1.29 is 14.3 Å². The largest absolute Gasteiger partial charge is 0.381 e. The van der Waals surface area contributed by atoms with Gasteiger partial charge in [-0.2, -0.15) is 5.26 Å². The fraction of sp³-hybridized carbons (Fsp3) is 0.667. The Morgan fingerprint density at radius 3 is 2.53 bits per heavy atom. The van der Waals surface area contributed by atoms with Crippen LogP contribution in [0.15, 0.2) is 0 Å². The maximum atomic E-state index is 11.7. The molecule has 15 heavy (non-hydrogen) atoms. The summed E-state index contributed by atoms with van der Waals surface area (Å²) in [7, 11) is 0. The van der Waals surface area contributed by atoms with E-state index in [0.717, 1.165) is 0 Å². The first kappa shape index (κ1) is 11.5. The third kappa shape index (κ3) is 2.67. The molecule has 0 bridgehead atoms. The Morgan fingerprint density at radius 1 is 1.47 bits per heavy atom. The van der Waals surface area contributed by atoms with Gasteiger partial charge in [-0.15, -0.1) is 0 Å². The summed E-state index contributed by atoms with van der Waals surface area (Å²) in [5, 5.41) is 11.3. The van der Waals surface area contributed by atoms with Gasteiger partial charge in [-0.3, -0.25) is 9.59 Å². The van der Waals surface area contributed by atoms with Gasteiger partial charge in [0.05, 0.1) is 12.6 Å². The number of hydrogen-bond donors (Lipinski definition) is 2. The number of nitrogens with one attached hydrogen (secondary N) is 1. The Morgan fingerprint density at radius 2 is 2.07 bits per heavy atom. The van der Waals surface area contributed by atoms with Crippen molar-refractivity contribution in [3.63, 3.8) is 0 Å². The standard InChI is InChI=1S/C9H13N3O3/c10-6-9(1-3-15-4-2-9)8(14)12-5-7(11)13/h1-5H2,(H2,11,13)(H,12,14). The zero-order valence-electron chi connectivity index (χ0n) is 8.28. The van der Waals surface area contributed by atoms with Crippen molar-refractivity contribution in [2.75, 3.05) is 19.8 Å². The first-order chi connectivity index (χ1) is 7.10. The molecule has 1 fully saturated rings. The lowest BCUT2D eigenvalue weighted by Crippen LogP contribution is -2.46. The van der Waals surface area contributed by atoms with E-state index in [1.165, 1.54) is 0 Å². The number of carbonyl (C=O) groups is 2. The number of primary amides is 1. The number of ether oxygens (including phenoxy) is 1. The van der Waals surface area contributed by atoms with Crippen LogP contribution in [0.25, 0.3) is 0 Å². The summed E-state index contributed by atoms with van der Waals surface area (Å²) in [4.78, 5) is 22.1. The van der Waals surface area contributed by atoms with Gasteiger partial charge >= 0.3 is 0 Å². The Balaban J connectivity index is 2.61. The van der Waals surface area contributed by atoms with Crippen LogP contribution in [0.2, 0.25) is 0 Å². The molecule has 0 unspecified atom stereocenters. The number of hydrogen-bond acceptors (Lipinski definition) is 4. The number of nitriles is 1. The summed E-state index contributed by atoms with van der Waals surface area (Å²) in [5.74, 6) is -1.06. The van der Waals surface area contributed by atoms with Crippen molar-refractivity contribution >= 4 is 11.8 Å². The van der Waals surface area contributed by atoms with Crippen LogP contribution in [-0.4, -0.2) is 31.6 Å². The van der Waals surface area contributed by atoms with Crippen molar-refractivity contribution in [3.8, 4) is 6.07 Å². The Hall–Kier alpha value is -1.61. The van der Waals surface area contributed by atoms with Crippen LogP contribution in [0, 0.1) is 16.7 Å². The summed E-state index contributed by atoms with van der Waals surface area (Å²) in [6, 6.07) is 2.00. The molecule has 2 amide bonds. The zero-order valence-corrected chi connectivity index (χ0v) is 8.28. The van der Waals surface area contributed by atoms with Crippen molar-refractivity contribution in [3.05, 3.63) is 0 Å². The van der Waals surface area contributed by atoms with Gasteiger partial charge in [0.25, 0.3) is 0 Å². The predicted molar refractivity (Wildman–Crippen MR) is 50.3 cm³/mol. The first-order valence-corrected chi connectivity index (χ1v) is 4.66. The maximum Gasteiger partial charge on any atom is 0.241 e. The van der Waals surface area contributed by atoms with Gasteiger partial charge in [0.15, 0.2) is 0 Å². The van der Waals surface area contributed by atoms with Crippen molar-refractivity contribution in [2.24, 2.45) is 11.1 Å². The van der Waals surface area contributed by atoms with E-state index in [1.54, 1.807) is 0 Å². The van der Waals surface area contributed by atoms with E-state index in [9.17, 15) is 9.59 Å². The molecule has 1 rings (SSSR count). The molecule has 0 aliphatic carbocycles. The van der Waals surface area contributed by atoms with Crippen LogP contribution >= 0.6 is 0 Å². The van der Waals surface area contributed by atoms with Gasteiger partial charge in [0.2, 0.25) is 11.8 Å². The molecule has 0 aromatic rings. The van der Waals surface area contributed by atoms with E-state index in [0.29, 0.717) is 26.1 Å². The van der Waals surface area contributed by atoms with Crippen LogP contribution in [0.3, 0.4) is 0 Å². The third-order valence-electron chi connectivity index (χ3n) is 2.42. The summed E-state index contributed by atoms with van der Waals surface area (Å²) >= 11 is 0. The number of rotatable bonds is 3. The highest BCUT2D eigenvalue weighted by Gasteiger charge is 2.40. The van der Waals surface area contributed by atoms with Crippen molar-refractivity contribution in [1.29, 1.82) is 5.26 Å². The van der Waals surface area contributed by atoms with Crippen molar-refractivity contribution in [2.45, 2.75) is 12.8 Å². The van der Waals surface area contributed by atoms with Gasteiger partial charge in [-0.25, -0.2) is 0 Å². The van der Waals surface area contributed by atoms with Crippen LogP contribution in [0.4, 0.5) is 0 Å². The zero-order chi connectivity index (χ0) is 11.3. The molecule has 0 radical (unpaired) electrons. The van der Waals surface area contributed by atoms with Gasteiger partial charge in [0, 0.05) is 13.2 Å². The summed E-state index contributed by atoms with van der Waals surface area (Å²) in [5.41, 5.74) is 3.83. The molecule has 6 heteroatoms. The highest BCUT2D eigenvalue weighted by Crippen LogP contribution is 2.29. The lowest BCUT2D eigenvalue weighted by Gasteiger charge is -2.28. The number of nitrogens with zero attached hydrogens (tertiary/aromatic N) is 1. The van der Waals surface area contributed by atoms with Gasteiger partial charge in [-0.1, -0.05) is 0 Å². The first-order valence-electron chi connectivity index (χ1n) is 4.66. The lowest BCUT2D eigenvalue weighted by molar-refractivity contribution is -0.134. The van der Waals surface area contributed by atoms with Crippen LogP contribution in [0.1, 0.15) is 12.8 Å². The van der Waals surface area contributed by atoms with Crippen LogP contribution < -0.4 is 11.1 Å². The smallest absolute Gasteiger partial charge is 0.241 e. The molecule has 0 aromatic carbocycles. The van der Waals surface area contributed by atoms with Crippen LogP contribution in [0.5, 0.6) is 0 Å². The highest BCUT2D eigenvalue weighted by atomic mass is 16.5. The van der Waals surface area contributed by atoms with Gasteiger partial charge < -0.3 is 15.8 Å². The van der Waals surface area contributed by atoms with E-state index in [-0.39, 0.29) is 6.54 Å². The molecule has 0 atom stereocenters. The molecule has 6 nitrogen and oxygen atoms in total. The van der Waals surface area contributed by atoms with Gasteiger partial charge in [0.1, 0.15) is 5.41 Å². The molecule has 0 spiro atoms. The van der Waals surface area contributed by atoms with E-state index in [2.05, 4.69) is 5.32 Å². The Labute approximate surface area is 87.4 Å². The van der Waals surface area contributed by atoms with E-state index in [4.69, 9.17) is 15.7 Å². The minimum atomic E-state index is -1.06. The molecular formula is C9H13N3O3. The minimum absolute atomic E-state index is 0.233. The fourth-order valence-corrected chi connectivity index (χ4v) is 1.45. The average Bonchev–Trinajstić information content (AvgIpc) is 2.26. The summed E-state index contributed by atoms with van der Waals surface area (Å²) in [6.07, 6.45) is 0.711. The second-order valence-corrected chi connectivity index (χ2v) is 3.46. The lowest BCUT2D eigenvalue weighted by atomic mass is 9.81. The molecule has 82 valence electrons. The van der Waals surface area contributed by atoms with E-state index in [1.807, 2.05) is 6.07 Å². The molecule has 1 aliphatic heterocycles. The molecule has 0 aromatic heterocycles. The molecule has 1 heterocycles. The second kappa shape index (κ2) is 4.75. The van der Waals surface area contributed by atoms with Gasteiger partial charge in [-0.05, 0) is 12.8 Å². The van der Waals surface area contributed by atoms with Crippen LogP contribution in [-0.2, 0) is 14.3 Å². The molecular weight excluding hydrogens is 198 g/mol. The minimum Gasteiger partial charge on any atom is -0.381 e. The number of nitrogens with two attached hydrogens (primary N) is 1. The van der Waals surface area contributed by atoms with E-state index < -0.39 is 17.2 Å². The SMILES string of the molecule is N#CC1(C(=O)NCC(N)=O)CCOCC1. The molecule has 3 N–H and O–H groups in total. The number of carbonyl (C=O) groups excluding carboxylic acids is 2. The number of amides is 2. The fourth-order valence-electron chi connectivity index (χ4n) is 1.45. The Bertz CT molecular complexity index is 302. The Kier molecular flexibility index (Phi) is 3.63. The molecule has 0 saturated carbocycles. The molecule has 1 saturated heterocycles. The highest BCUT2D eigenvalue weighted by molar-refractivity contribution is 5.89. The quantitative estimate of drug-likeness (QED) is 0.618. The molecule has 1 aliphatic rings. The normalized spacial score (nSPS) is 18.9. The predicted octanol–water partition coefficient (Wildman–Crippen LogP) is -1.09. The topological polar surface area (TPSA) is 105 Å². The second-order valence-electron chi connectivity index (χ2n) is 3.46.